The van der Waals surface area contributed by atoms with Crippen molar-refractivity contribution in [2.45, 2.75) is 39.7 Å². The molecule has 1 atom stereocenters. The number of rotatable bonds is 4. The molecule has 0 aliphatic carbocycles. The molecule has 3 nitrogen and oxygen atoms in total. The molecule has 4 heteroatoms. The quantitative estimate of drug-likeness (QED) is 0.917. The van der Waals surface area contributed by atoms with E-state index >= 15 is 0 Å². The highest BCUT2D eigenvalue weighted by Crippen LogP contribution is 2.36. The molecule has 0 amide bonds. The molecule has 0 saturated heterocycles. The fourth-order valence-electron chi connectivity index (χ4n) is 2.93. The van der Waals surface area contributed by atoms with Crippen molar-refractivity contribution >= 4 is 22.2 Å². The Balaban J connectivity index is 1.89. The zero-order valence-corrected chi connectivity index (χ0v) is 13.8. The molecule has 1 unspecified atom stereocenters. The first-order valence-corrected chi connectivity index (χ1v) is 8.63. The van der Waals surface area contributed by atoms with Crippen LogP contribution in [-0.2, 0) is 6.42 Å². The number of hydrogen-bond donors (Lipinski definition) is 1. The topological polar surface area (TPSA) is 28.2 Å². The molecule has 1 aliphatic rings. The molecule has 21 heavy (non-hydrogen) atoms. The smallest absolute Gasteiger partial charge is 0.190 e. The Labute approximate surface area is 131 Å². The van der Waals surface area contributed by atoms with Crippen LogP contribution in [0.2, 0.25) is 0 Å². The summed E-state index contributed by atoms with van der Waals surface area (Å²) < 4.78 is 0. The largest absolute Gasteiger partial charge is 0.318 e. The fourth-order valence-corrected chi connectivity index (χ4v) is 3.89. The summed E-state index contributed by atoms with van der Waals surface area (Å²) in [5.41, 5.74) is 5.29. The molecular weight excluding hydrogens is 278 g/mol. The Hall–Kier alpha value is -1.39. The second-order valence-corrected chi connectivity index (χ2v) is 6.56. The number of aryl methyl sites for hydroxylation is 2. The van der Waals surface area contributed by atoms with Crippen molar-refractivity contribution in [2.24, 2.45) is 0 Å². The lowest BCUT2D eigenvalue weighted by Gasteiger charge is -2.29. The lowest BCUT2D eigenvalue weighted by molar-refractivity contribution is 0.586. The summed E-state index contributed by atoms with van der Waals surface area (Å²) in [7, 11) is 0. The molecule has 1 aromatic heterocycles. The van der Waals surface area contributed by atoms with E-state index in [-0.39, 0.29) is 0 Å². The fraction of sp³-hybridized carbons (Fsp3) is 0.471. The molecule has 1 aliphatic heterocycles. The predicted molar refractivity (Wildman–Crippen MR) is 90.7 cm³/mol. The summed E-state index contributed by atoms with van der Waals surface area (Å²) in [5.74, 6) is 0. The number of aromatic nitrogens is 1. The lowest BCUT2D eigenvalue weighted by atomic mass is 10.00. The Morgan fingerprint density at radius 1 is 1.43 bits per heavy atom. The van der Waals surface area contributed by atoms with Crippen LogP contribution in [0.25, 0.3) is 0 Å². The average Bonchev–Trinajstić information content (AvgIpc) is 2.96. The molecule has 2 heterocycles. The van der Waals surface area contributed by atoms with Crippen molar-refractivity contribution in [1.29, 1.82) is 0 Å². The maximum Gasteiger partial charge on any atom is 0.190 e. The minimum Gasteiger partial charge on any atom is -0.318 e. The number of fused-ring (bicyclic) bond motifs is 1. The van der Waals surface area contributed by atoms with Crippen LogP contribution in [-0.4, -0.2) is 18.1 Å². The Morgan fingerprint density at radius 2 is 2.29 bits per heavy atom. The molecule has 0 saturated carbocycles. The Bertz CT molecular complexity index is 620. The van der Waals surface area contributed by atoms with Gasteiger partial charge in [-0.05, 0) is 44.9 Å². The van der Waals surface area contributed by atoms with Gasteiger partial charge in [-0.2, -0.15) is 0 Å². The van der Waals surface area contributed by atoms with E-state index in [0.717, 1.165) is 23.9 Å². The van der Waals surface area contributed by atoms with E-state index in [9.17, 15) is 0 Å². The summed E-state index contributed by atoms with van der Waals surface area (Å²) in [6.45, 7) is 8.51. The van der Waals surface area contributed by atoms with Crippen molar-refractivity contribution in [3.63, 3.8) is 0 Å². The average molecular weight is 301 g/mol. The third kappa shape index (κ3) is 2.97. The summed E-state index contributed by atoms with van der Waals surface area (Å²) in [6.07, 6.45) is 2.38. The number of nitrogens with one attached hydrogen (secondary N) is 1. The standard InChI is InChI=1S/C17H23N3S/c1-4-18-13(3)15-11-21-17(19-15)20-9-5-6-14-10-12(2)7-8-16(14)20/h7-8,10-11,13,18H,4-6,9H2,1-3H3. The van der Waals surface area contributed by atoms with Crippen molar-refractivity contribution in [1.82, 2.24) is 10.3 Å². The van der Waals surface area contributed by atoms with Crippen molar-refractivity contribution < 1.29 is 0 Å². The molecule has 1 aromatic carbocycles. The van der Waals surface area contributed by atoms with Crippen molar-refractivity contribution in [3.05, 3.63) is 40.4 Å². The maximum atomic E-state index is 4.86. The van der Waals surface area contributed by atoms with Crippen LogP contribution in [0.3, 0.4) is 0 Å². The van der Waals surface area contributed by atoms with Gasteiger partial charge in [0.15, 0.2) is 5.13 Å². The summed E-state index contributed by atoms with van der Waals surface area (Å²) >= 11 is 1.75. The van der Waals surface area contributed by atoms with E-state index in [4.69, 9.17) is 4.98 Å². The second kappa shape index (κ2) is 6.16. The van der Waals surface area contributed by atoms with E-state index in [1.807, 2.05) is 0 Å². The zero-order chi connectivity index (χ0) is 14.8. The van der Waals surface area contributed by atoms with Crippen LogP contribution in [0.5, 0.6) is 0 Å². The van der Waals surface area contributed by atoms with Crippen LogP contribution >= 0.6 is 11.3 Å². The van der Waals surface area contributed by atoms with Gasteiger partial charge >= 0.3 is 0 Å². The number of anilines is 2. The van der Waals surface area contributed by atoms with Gasteiger partial charge in [0, 0.05) is 23.7 Å². The Kier molecular flexibility index (Phi) is 4.27. The van der Waals surface area contributed by atoms with Crippen LogP contribution in [0.1, 0.15) is 43.1 Å². The predicted octanol–water partition coefficient (Wildman–Crippen LogP) is 4.21. The third-order valence-electron chi connectivity index (χ3n) is 4.05. The molecule has 0 bridgehead atoms. The van der Waals surface area contributed by atoms with Gasteiger partial charge in [0.2, 0.25) is 0 Å². The van der Waals surface area contributed by atoms with E-state index in [2.05, 4.69) is 54.6 Å². The Morgan fingerprint density at radius 3 is 3.10 bits per heavy atom. The van der Waals surface area contributed by atoms with Gasteiger partial charge in [-0.15, -0.1) is 11.3 Å². The monoisotopic (exact) mass is 301 g/mol. The SMILES string of the molecule is CCNC(C)c1csc(N2CCCc3cc(C)ccc32)n1. The van der Waals surface area contributed by atoms with E-state index < -0.39 is 0 Å². The van der Waals surface area contributed by atoms with Crippen molar-refractivity contribution in [2.75, 3.05) is 18.0 Å². The zero-order valence-electron chi connectivity index (χ0n) is 13.0. The van der Waals surface area contributed by atoms with Gasteiger partial charge in [-0.3, -0.25) is 0 Å². The molecule has 112 valence electrons. The highest BCUT2D eigenvalue weighted by molar-refractivity contribution is 7.13. The van der Waals surface area contributed by atoms with Crippen LogP contribution in [0.15, 0.2) is 23.6 Å². The van der Waals surface area contributed by atoms with E-state index in [0.29, 0.717) is 6.04 Å². The third-order valence-corrected chi connectivity index (χ3v) is 4.93. The molecule has 2 aromatic rings. The van der Waals surface area contributed by atoms with Gasteiger partial charge in [0.1, 0.15) is 0 Å². The number of hydrogen-bond acceptors (Lipinski definition) is 4. The van der Waals surface area contributed by atoms with Gasteiger partial charge in [-0.25, -0.2) is 4.98 Å². The van der Waals surface area contributed by atoms with E-state index in [1.165, 1.54) is 29.7 Å². The second-order valence-electron chi connectivity index (χ2n) is 5.72. The summed E-state index contributed by atoms with van der Waals surface area (Å²) in [5, 5.41) is 6.74. The first-order valence-electron chi connectivity index (χ1n) is 7.75. The molecule has 0 spiro atoms. The number of thiazole rings is 1. The van der Waals surface area contributed by atoms with Gasteiger partial charge < -0.3 is 10.2 Å². The summed E-state index contributed by atoms with van der Waals surface area (Å²) in [6, 6.07) is 7.09. The van der Waals surface area contributed by atoms with Crippen LogP contribution < -0.4 is 10.2 Å². The first kappa shape index (κ1) is 14.5. The highest BCUT2D eigenvalue weighted by atomic mass is 32.1. The first-order chi connectivity index (χ1) is 10.2. The van der Waals surface area contributed by atoms with Gasteiger partial charge in [0.25, 0.3) is 0 Å². The molecule has 0 radical (unpaired) electrons. The van der Waals surface area contributed by atoms with Gasteiger partial charge in [-0.1, -0.05) is 24.6 Å². The van der Waals surface area contributed by atoms with Crippen molar-refractivity contribution in [3.8, 4) is 0 Å². The molecule has 1 N–H and O–H groups in total. The molecule has 3 rings (SSSR count). The minimum atomic E-state index is 0.322. The number of benzene rings is 1. The molecule has 0 fully saturated rings. The minimum absolute atomic E-state index is 0.322. The van der Waals surface area contributed by atoms with Crippen LogP contribution in [0.4, 0.5) is 10.8 Å². The normalized spacial score (nSPS) is 15.9. The van der Waals surface area contributed by atoms with Crippen LogP contribution in [0, 0.1) is 6.92 Å². The number of nitrogens with zero attached hydrogens (tertiary/aromatic N) is 2. The highest BCUT2D eigenvalue weighted by Gasteiger charge is 2.21. The van der Waals surface area contributed by atoms with E-state index in [1.54, 1.807) is 11.3 Å². The van der Waals surface area contributed by atoms with Gasteiger partial charge in [0.05, 0.1) is 5.69 Å². The molecular formula is C17H23N3S. The lowest BCUT2D eigenvalue weighted by Crippen LogP contribution is -2.24. The maximum absolute atomic E-state index is 4.86. The summed E-state index contributed by atoms with van der Waals surface area (Å²) in [4.78, 5) is 7.24.